The number of carbonyl (C=O) groups excluding carboxylic acids is 1. The molecule has 2 heterocycles. The van der Waals surface area contributed by atoms with Crippen LogP contribution in [0, 0.1) is 20.8 Å². The van der Waals surface area contributed by atoms with E-state index in [1.54, 1.807) is 34.6 Å². The van der Waals surface area contributed by atoms with Crippen molar-refractivity contribution in [1.29, 1.82) is 0 Å². The van der Waals surface area contributed by atoms with Crippen LogP contribution in [-0.4, -0.2) is 27.9 Å². The van der Waals surface area contributed by atoms with Gasteiger partial charge in [0.15, 0.2) is 0 Å². The maximum Gasteiger partial charge on any atom is 0.322 e. The van der Waals surface area contributed by atoms with Crippen molar-refractivity contribution in [3.63, 3.8) is 0 Å². The molecule has 126 valence electrons. The minimum absolute atomic E-state index is 0.0793. The molecule has 0 fully saturated rings. The van der Waals surface area contributed by atoms with Crippen molar-refractivity contribution < 1.29 is 4.79 Å². The summed E-state index contributed by atoms with van der Waals surface area (Å²) in [4.78, 5) is 24.4. The monoisotopic (exact) mass is 360 g/mol. The van der Waals surface area contributed by atoms with E-state index in [-0.39, 0.29) is 12.1 Å². The summed E-state index contributed by atoms with van der Waals surface area (Å²) in [6.45, 7) is 8.01. The second-order valence-electron chi connectivity index (χ2n) is 5.81. The molecule has 0 aliphatic rings. The standard InChI is InChI=1S/C17H20N4OS2/c1-9(16-10(2)23-12(4)19-16)21(5)17(22)20-13-6-7-14-15(8-13)24-11(3)18-14/h6-9H,1-5H3,(H,20,22). The Bertz CT molecular complexity index is 899. The van der Waals surface area contributed by atoms with Crippen molar-refractivity contribution in [1.82, 2.24) is 14.9 Å². The Morgan fingerprint density at radius 1 is 1.17 bits per heavy atom. The first-order valence-electron chi connectivity index (χ1n) is 7.70. The minimum atomic E-state index is -0.145. The molecule has 0 aliphatic heterocycles. The van der Waals surface area contributed by atoms with Gasteiger partial charge in [-0.1, -0.05) is 0 Å². The van der Waals surface area contributed by atoms with Crippen molar-refractivity contribution in [3.8, 4) is 0 Å². The van der Waals surface area contributed by atoms with Crippen molar-refractivity contribution >= 4 is 44.6 Å². The number of benzene rings is 1. The lowest BCUT2D eigenvalue weighted by atomic mass is 10.2. The lowest BCUT2D eigenvalue weighted by Crippen LogP contribution is -2.34. The van der Waals surface area contributed by atoms with Crippen LogP contribution in [0.1, 0.15) is 33.6 Å². The Labute approximate surface area is 149 Å². The molecule has 0 saturated carbocycles. The van der Waals surface area contributed by atoms with Crippen molar-refractivity contribution in [3.05, 3.63) is 38.8 Å². The fourth-order valence-corrected chi connectivity index (χ4v) is 4.40. The molecule has 24 heavy (non-hydrogen) atoms. The Morgan fingerprint density at radius 2 is 1.88 bits per heavy atom. The first-order chi connectivity index (χ1) is 11.3. The Kier molecular flexibility index (Phi) is 4.56. The number of hydrogen-bond donors (Lipinski definition) is 1. The van der Waals surface area contributed by atoms with E-state index in [0.717, 1.165) is 36.5 Å². The number of nitrogens with one attached hydrogen (secondary N) is 1. The number of hydrogen-bond acceptors (Lipinski definition) is 5. The molecule has 1 atom stereocenters. The summed E-state index contributed by atoms with van der Waals surface area (Å²) in [5, 5.41) is 5.01. The van der Waals surface area contributed by atoms with Gasteiger partial charge in [0.05, 0.1) is 32.0 Å². The van der Waals surface area contributed by atoms with Gasteiger partial charge in [-0.15, -0.1) is 22.7 Å². The summed E-state index contributed by atoms with van der Waals surface area (Å²) in [5.74, 6) is 0. The van der Waals surface area contributed by atoms with Crippen molar-refractivity contribution in [2.45, 2.75) is 33.7 Å². The largest absolute Gasteiger partial charge is 0.322 e. The molecule has 5 nitrogen and oxygen atoms in total. The average molecular weight is 361 g/mol. The molecule has 0 aliphatic carbocycles. The number of anilines is 1. The van der Waals surface area contributed by atoms with Crippen molar-refractivity contribution in [2.75, 3.05) is 12.4 Å². The van der Waals surface area contributed by atoms with E-state index < -0.39 is 0 Å². The number of aryl methyl sites for hydroxylation is 3. The maximum absolute atomic E-state index is 12.6. The van der Waals surface area contributed by atoms with Gasteiger partial charge in [-0.2, -0.15) is 0 Å². The average Bonchev–Trinajstić information content (AvgIpc) is 3.06. The zero-order valence-electron chi connectivity index (χ0n) is 14.4. The molecule has 2 amide bonds. The fraction of sp³-hybridized carbons (Fsp3) is 0.353. The van der Waals surface area contributed by atoms with Crippen LogP contribution in [0.4, 0.5) is 10.5 Å². The maximum atomic E-state index is 12.6. The highest BCUT2D eigenvalue weighted by Gasteiger charge is 2.21. The van der Waals surface area contributed by atoms with E-state index in [2.05, 4.69) is 15.3 Å². The number of rotatable bonds is 3. The van der Waals surface area contributed by atoms with Gasteiger partial charge in [0.25, 0.3) is 0 Å². The zero-order valence-corrected chi connectivity index (χ0v) is 16.0. The third-order valence-electron chi connectivity index (χ3n) is 3.98. The number of carbonyl (C=O) groups is 1. The van der Waals surface area contributed by atoms with Crippen LogP contribution in [0.25, 0.3) is 10.2 Å². The first-order valence-corrected chi connectivity index (χ1v) is 9.33. The van der Waals surface area contributed by atoms with Gasteiger partial charge in [0.1, 0.15) is 0 Å². The van der Waals surface area contributed by atoms with E-state index in [9.17, 15) is 4.79 Å². The Hall–Kier alpha value is -1.99. The molecular formula is C17H20N4OS2. The van der Waals surface area contributed by atoms with Gasteiger partial charge in [-0.3, -0.25) is 0 Å². The summed E-state index contributed by atoms with van der Waals surface area (Å²) < 4.78 is 1.08. The number of amides is 2. The number of thiazole rings is 2. The number of fused-ring (bicyclic) bond motifs is 1. The fourth-order valence-electron chi connectivity index (χ4n) is 2.62. The molecule has 0 radical (unpaired) electrons. The highest BCUT2D eigenvalue weighted by molar-refractivity contribution is 7.18. The van der Waals surface area contributed by atoms with Gasteiger partial charge < -0.3 is 10.2 Å². The number of urea groups is 1. The van der Waals surface area contributed by atoms with Crippen LogP contribution < -0.4 is 5.32 Å². The third-order valence-corrected chi connectivity index (χ3v) is 5.82. The van der Waals surface area contributed by atoms with Gasteiger partial charge in [0.2, 0.25) is 0 Å². The third kappa shape index (κ3) is 3.27. The minimum Gasteiger partial charge on any atom is -0.319 e. The Balaban J connectivity index is 1.76. The Morgan fingerprint density at radius 3 is 2.54 bits per heavy atom. The lowest BCUT2D eigenvalue weighted by molar-refractivity contribution is 0.207. The van der Waals surface area contributed by atoms with Crippen molar-refractivity contribution in [2.24, 2.45) is 0 Å². The van der Waals surface area contributed by atoms with E-state index in [1.165, 1.54) is 0 Å². The molecule has 1 unspecified atom stereocenters. The predicted octanol–water partition coefficient (Wildman–Crippen LogP) is 4.90. The first kappa shape index (κ1) is 16.9. The summed E-state index contributed by atoms with van der Waals surface area (Å²) >= 11 is 3.28. The summed E-state index contributed by atoms with van der Waals surface area (Å²) in [6.07, 6.45) is 0. The molecule has 3 aromatic rings. The van der Waals surface area contributed by atoms with E-state index in [4.69, 9.17) is 0 Å². The molecule has 7 heteroatoms. The molecule has 3 rings (SSSR count). The highest BCUT2D eigenvalue weighted by Crippen LogP contribution is 2.28. The van der Waals surface area contributed by atoms with Gasteiger partial charge >= 0.3 is 6.03 Å². The lowest BCUT2D eigenvalue weighted by Gasteiger charge is -2.24. The molecule has 0 bridgehead atoms. The van der Waals surface area contributed by atoms with E-state index >= 15 is 0 Å². The van der Waals surface area contributed by atoms with Crippen LogP contribution >= 0.6 is 22.7 Å². The number of aromatic nitrogens is 2. The molecule has 1 N–H and O–H groups in total. The molecular weight excluding hydrogens is 340 g/mol. The van der Waals surface area contributed by atoms with Crippen LogP contribution in [0.5, 0.6) is 0 Å². The summed E-state index contributed by atoms with van der Waals surface area (Å²) in [7, 11) is 1.80. The van der Waals surface area contributed by atoms with Crippen LogP contribution in [0.2, 0.25) is 0 Å². The molecule has 0 saturated heterocycles. The number of nitrogens with zero attached hydrogens (tertiary/aromatic N) is 3. The second-order valence-corrected chi connectivity index (χ2v) is 8.45. The topological polar surface area (TPSA) is 58.1 Å². The van der Waals surface area contributed by atoms with E-state index in [0.29, 0.717) is 0 Å². The smallest absolute Gasteiger partial charge is 0.319 e. The van der Waals surface area contributed by atoms with Gasteiger partial charge in [-0.25, -0.2) is 14.8 Å². The zero-order chi connectivity index (χ0) is 17.4. The predicted molar refractivity (Wildman–Crippen MR) is 101 cm³/mol. The normalized spacial score (nSPS) is 12.4. The van der Waals surface area contributed by atoms with E-state index in [1.807, 2.05) is 45.9 Å². The van der Waals surface area contributed by atoms with Crippen LogP contribution in [-0.2, 0) is 0 Å². The van der Waals surface area contributed by atoms with Gasteiger partial charge in [-0.05, 0) is 45.9 Å². The summed E-state index contributed by atoms with van der Waals surface area (Å²) in [5.41, 5.74) is 2.70. The summed E-state index contributed by atoms with van der Waals surface area (Å²) in [6, 6.07) is 5.56. The second kappa shape index (κ2) is 6.49. The molecule has 1 aromatic carbocycles. The van der Waals surface area contributed by atoms with Crippen LogP contribution in [0.15, 0.2) is 18.2 Å². The highest BCUT2D eigenvalue weighted by atomic mass is 32.1. The molecule has 2 aromatic heterocycles. The molecule has 0 spiro atoms. The SMILES string of the molecule is Cc1nc(C(C)N(C)C(=O)Nc2ccc3nc(C)sc3c2)c(C)s1. The van der Waals surface area contributed by atoms with Crippen LogP contribution in [0.3, 0.4) is 0 Å². The quantitative estimate of drug-likeness (QED) is 0.722. The van der Waals surface area contributed by atoms with Gasteiger partial charge in [0, 0.05) is 17.6 Å².